The molecule has 3 aliphatic heterocycles. The SMILES string of the molecule is CCC(C)N1C(=O)C2C(C1=O)C(C(=O)c1ccc([N+](=O)[O-])cc1)N1c3ccccc3C(C)=CC21. The van der Waals surface area contributed by atoms with Crippen LogP contribution < -0.4 is 4.90 Å². The number of Topliss-reactive ketones (excluding diaryl/α,β-unsaturated/α-hetero) is 1. The van der Waals surface area contributed by atoms with E-state index in [0.717, 1.165) is 16.8 Å². The minimum atomic E-state index is -0.882. The third-order valence-electron chi connectivity index (χ3n) is 7.45. The Bertz CT molecular complexity index is 1250. The van der Waals surface area contributed by atoms with Crippen molar-refractivity contribution in [3.05, 3.63) is 75.8 Å². The average Bonchev–Trinajstić information content (AvgIpc) is 3.31. The number of benzene rings is 2. The van der Waals surface area contributed by atoms with Crippen LogP contribution in [0.25, 0.3) is 5.57 Å². The van der Waals surface area contributed by atoms with Crippen molar-refractivity contribution < 1.29 is 19.3 Å². The molecular weight excluding hydrogens is 434 g/mol. The van der Waals surface area contributed by atoms with E-state index < -0.39 is 28.8 Å². The Kier molecular flexibility index (Phi) is 5.11. The number of non-ortho nitro benzene ring substituents is 1. The lowest BCUT2D eigenvalue weighted by Gasteiger charge is -2.38. The number of rotatable bonds is 5. The van der Waals surface area contributed by atoms with Gasteiger partial charge in [0.2, 0.25) is 11.8 Å². The fraction of sp³-hybridized carbons (Fsp3) is 0.346. The van der Waals surface area contributed by atoms with Gasteiger partial charge in [-0.3, -0.25) is 29.4 Å². The van der Waals surface area contributed by atoms with Crippen molar-refractivity contribution in [2.75, 3.05) is 4.90 Å². The predicted molar refractivity (Wildman–Crippen MR) is 126 cm³/mol. The lowest BCUT2D eigenvalue weighted by molar-refractivity contribution is -0.384. The summed E-state index contributed by atoms with van der Waals surface area (Å²) in [5.74, 6) is -2.34. The van der Waals surface area contributed by atoms with Gasteiger partial charge in [0.25, 0.3) is 5.69 Å². The molecule has 0 saturated carbocycles. The zero-order valence-corrected chi connectivity index (χ0v) is 19.2. The van der Waals surface area contributed by atoms with Crippen molar-refractivity contribution in [2.24, 2.45) is 11.8 Å². The Morgan fingerprint density at radius 3 is 2.35 bits per heavy atom. The highest BCUT2D eigenvalue weighted by molar-refractivity contribution is 6.14. The van der Waals surface area contributed by atoms with Gasteiger partial charge in [0, 0.05) is 35.0 Å². The van der Waals surface area contributed by atoms with E-state index in [1.54, 1.807) is 0 Å². The molecule has 2 aromatic carbocycles. The number of nitro benzene ring substituents is 1. The van der Waals surface area contributed by atoms with Crippen molar-refractivity contribution in [1.29, 1.82) is 0 Å². The Hall–Kier alpha value is -3.81. The van der Waals surface area contributed by atoms with E-state index in [4.69, 9.17) is 0 Å². The monoisotopic (exact) mass is 459 g/mol. The minimum Gasteiger partial charge on any atom is -0.352 e. The molecule has 174 valence electrons. The number of fused-ring (bicyclic) bond motifs is 5. The molecule has 0 radical (unpaired) electrons. The molecule has 34 heavy (non-hydrogen) atoms. The Morgan fingerprint density at radius 2 is 1.71 bits per heavy atom. The summed E-state index contributed by atoms with van der Waals surface area (Å²) in [6, 6.07) is 11.6. The zero-order chi connectivity index (χ0) is 24.3. The first-order chi connectivity index (χ1) is 16.3. The summed E-state index contributed by atoms with van der Waals surface area (Å²) in [5, 5.41) is 11.1. The number of carbonyl (C=O) groups excluding carboxylic acids is 3. The first-order valence-electron chi connectivity index (χ1n) is 11.5. The highest BCUT2D eigenvalue weighted by Crippen LogP contribution is 2.50. The second-order valence-electron chi connectivity index (χ2n) is 9.23. The summed E-state index contributed by atoms with van der Waals surface area (Å²) >= 11 is 0. The molecule has 0 N–H and O–H groups in total. The first kappa shape index (κ1) is 22.0. The number of nitrogens with zero attached hydrogens (tertiary/aromatic N) is 3. The van der Waals surface area contributed by atoms with Crippen molar-refractivity contribution >= 4 is 34.5 Å². The maximum Gasteiger partial charge on any atom is 0.269 e. The number of nitro groups is 1. The van der Waals surface area contributed by atoms with Gasteiger partial charge in [-0.2, -0.15) is 0 Å². The molecule has 3 aliphatic rings. The fourth-order valence-corrected chi connectivity index (χ4v) is 5.66. The van der Waals surface area contributed by atoms with Crippen LogP contribution in [-0.4, -0.2) is 45.5 Å². The summed E-state index contributed by atoms with van der Waals surface area (Å²) in [6.07, 6.45) is 2.62. The van der Waals surface area contributed by atoms with Crippen molar-refractivity contribution in [2.45, 2.75) is 45.3 Å². The van der Waals surface area contributed by atoms with Gasteiger partial charge in [-0.25, -0.2) is 0 Å². The molecule has 3 heterocycles. The Morgan fingerprint density at radius 1 is 1.06 bits per heavy atom. The van der Waals surface area contributed by atoms with Gasteiger partial charge in [-0.1, -0.05) is 31.2 Å². The van der Waals surface area contributed by atoms with E-state index in [0.29, 0.717) is 6.42 Å². The topological polar surface area (TPSA) is 101 Å². The van der Waals surface area contributed by atoms with Crippen LogP contribution in [0, 0.1) is 22.0 Å². The standard InChI is InChI=1S/C26H25N3O5/c1-4-15(3)27-25(31)21-20-13-14(2)18-7-5-6-8-19(18)28(20)23(22(21)26(27)32)24(30)16-9-11-17(12-10-16)29(33)34/h5-13,15,20-23H,4H2,1-3H3. The van der Waals surface area contributed by atoms with Gasteiger partial charge >= 0.3 is 0 Å². The maximum atomic E-state index is 13.9. The number of carbonyl (C=O) groups is 3. The molecule has 0 bridgehead atoms. The number of hydrogen-bond donors (Lipinski definition) is 0. The number of imide groups is 1. The summed E-state index contributed by atoms with van der Waals surface area (Å²) < 4.78 is 0. The smallest absolute Gasteiger partial charge is 0.269 e. The molecule has 2 amide bonds. The molecule has 8 heteroatoms. The van der Waals surface area contributed by atoms with Crippen LogP contribution in [0.15, 0.2) is 54.6 Å². The molecule has 8 nitrogen and oxygen atoms in total. The van der Waals surface area contributed by atoms with Crippen molar-refractivity contribution in [1.82, 2.24) is 4.90 Å². The van der Waals surface area contributed by atoms with E-state index in [1.807, 2.05) is 56.0 Å². The third-order valence-corrected chi connectivity index (χ3v) is 7.45. The molecule has 5 rings (SSSR count). The molecular formula is C26H25N3O5. The predicted octanol–water partition coefficient (Wildman–Crippen LogP) is 3.85. The summed E-state index contributed by atoms with van der Waals surface area (Å²) in [4.78, 5) is 54.9. The number of ketones is 1. The Balaban J connectivity index is 1.65. The quantitative estimate of drug-likeness (QED) is 0.291. The van der Waals surface area contributed by atoms with Crippen LogP contribution in [0.5, 0.6) is 0 Å². The number of likely N-dealkylation sites (tertiary alicyclic amines) is 1. The van der Waals surface area contributed by atoms with Gasteiger partial charge < -0.3 is 4.90 Å². The summed E-state index contributed by atoms with van der Waals surface area (Å²) in [6.45, 7) is 5.75. The van der Waals surface area contributed by atoms with E-state index >= 15 is 0 Å². The summed E-state index contributed by atoms with van der Waals surface area (Å²) in [5.41, 5.74) is 2.94. The van der Waals surface area contributed by atoms with Crippen LogP contribution in [0.4, 0.5) is 11.4 Å². The van der Waals surface area contributed by atoms with Crippen LogP contribution in [0.1, 0.15) is 43.1 Å². The highest BCUT2D eigenvalue weighted by Gasteiger charge is 2.64. The number of anilines is 1. The van der Waals surface area contributed by atoms with Gasteiger partial charge in [0.15, 0.2) is 5.78 Å². The van der Waals surface area contributed by atoms with E-state index in [-0.39, 0.29) is 34.9 Å². The molecule has 0 spiro atoms. The lowest BCUT2D eigenvalue weighted by Crippen LogP contribution is -2.50. The van der Waals surface area contributed by atoms with Crippen LogP contribution in [0.3, 0.4) is 0 Å². The fourth-order valence-electron chi connectivity index (χ4n) is 5.66. The number of hydrogen-bond acceptors (Lipinski definition) is 6. The minimum absolute atomic E-state index is 0.115. The van der Waals surface area contributed by atoms with E-state index in [1.165, 1.54) is 29.2 Å². The van der Waals surface area contributed by atoms with Crippen molar-refractivity contribution in [3.8, 4) is 0 Å². The zero-order valence-electron chi connectivity index (χ0n) is 19.2. The third kappa shape index (κ3) is 3.01. The van der Waals surface area contributed by atoms with Gasteiger partial charge in [-0.15, -0.1) is 0 Å². The molecule has 2 aromatic rings. The van der Waals surface area contributed by atoms with Crippen LogP contribution in [0.2, 0.25) is 0 Å². The van der Waals surface area contributed by atoms with E-state index in [2.05, 4.69) is 0 Å². The first-order valence-corrected chi connectivity index (χ1v) is 11.5. The normalized spacial score (nSPS) is 26.0. The van der Waals surface area contributed by atoms with Crippen molar-refractivity contribution in [3.63, 3.8) is 0 Å². The van der Waals surface area contributed by atoms with Gasteiger partial charge in [0.05, 0.1) is 22.8 Å². The number of allylic oxidation sites excluding steroid dienone is 1. The van der Waals surface area contributed by atoms with Gasteiger partial charge in [-0.05, 0) is 44.0 Å². The average molecular weight is 460 g/mol. The molecule has 5 atom stereocenters. The molecule has 0 aromatic heterocycles. The molecule has 2 saturated heterocycles. The molecule has 2 fully saturated rings. The molecule has 0 aliphatic carbocycles. The Labute approximate surface area is 197 Å². The van der Waals surface area contributed by atoms with Gasteiger partial charge in [0.1, 0.15) is 6.04 Å². The summed E-state index contributed by atoms with van der Waals surface area (Å²) in [7, 11) is 0. The molecule has 5 unspecified atom stereocenters. The number of amides is 2. The largest absolute Gasteiger partial charge is 0.352 e. The van der Waals surface area contributed by atoms with Crippen LogP contribution >= 0.6 is 0 Å². The lowest BCUT2D eigenvalue weighted by atomic mass is 9.85. The highest BCUT2D eigenvalue weighted by atomic mass is 16.6. The maximum absolute atomic E-state index is 13.9. The second-order valence-corrected chi connectivity index (χ2v) is 9.23. The van der Waals surface area contributed by atoms with Crippen LogP contribution in [-0.2, 0) is 9.59 Å². The number of para-hydroxylation sites is 1. The van der Waals surface area contributed by atoms with E-state index in [9.17, 15) is 24.5 Å². The second kappa shape index (κ2) is 7.90.